The zero-order valence-electron chi connectivity index (χ0n) is 34.0. The highest BCUT2D eigenvalue weighted by molar-refractivity contribution is 7.47. The summed E-state index contributed by atoms with van der Waals surface area (Å²) in [5.74, 6) is -2.43. The number of hydrogen-bond acceptors (Lipinski definition) is 9. The Kier molecular flexibility index (Phi) is 36.1. The molecule has 0 saturated carbocycles. The van der Waals surface area contributed by atoms with Crippen LogP contribution in [0.4, 0.5) is 0 Å². The van der Waals surface area contributed by atoms with Gasteiger partial charge in [-0.25, -0.2) is 4.57 Å². The number of phosphoric acid groups is 1. The Morgan fingerprint density at radius 1 is 0.564 bits per heavy atom. The third-order valence-electron chi connectivity index (χ3n) is 8.49. The smallest absolute Gasteiger partial charge is 0.472 e. The van der Waals surface area contributed by atoms with Gasteiger partial charge in [-0.05, 0) is 77.0 Å². The third-order valence-corrected chi connectivity index (χ3v) is 9.44. The Morgan fingerprint density at radius 2 is 0.982 bits per heavy atom. The minimum atomic E-state index is -4.73. The highest BCUT2D eigenvalue weighted by atomic mass is 31.2. The largest absolute Gasteiger partial charge is 0.480 e. The van der Waals surface area contributed by atoms with Crippen molar-refractivity contribution in [3.05, 3.63) is 60.8 Å². The van der Waals surface area contributed by atoms with Gasteiger partial charge in [-0.1, -0.05) is 132 Å². The van der Waals surface area contributed by atoms with Gasteiger partial charge >= 0.3 is 25.7 Å². The molecular weight excluding hydrogens is 721 g/mol. The van der Waals surface area contributed by atoms with E-state index in [9.17, 15) is 23.8 Å². The first kappa shape index (κ1) is 52.2. The number of carboxylic acid groups (broad SMARTS) is 1. The number of rotatable bonds is 38. The number of phosphoric ester groups is 1. The molecule has 11 nitrogen and oxygen atoms in total. The van der Waals surface area contributed by atoms with E-state index < -0.39 is 51.1 Å². The van der Waals surface area contributed by atoms with E-state index in [1.54, 1.807) is 0 Å². The number of carbonyl (C=O) groups excluding carboxylic acids is 2. The van der Waals surface area contributed by atoms with Crippen LogP contribution in [-0.2, 0) is 37.5 Å². The molecule has 0 saturated heterocycles. The summed E-state index contributed by atoms with van der Waals surface area (Å²) in [6.07, 6.45) is 42.8. The number of nitrogens with two attached hydrogens (primary N) is 1. The van der Waals surface area contributed by atoms with Crippen LogP contribution in [0.15, 0.2) is 60.8 Å². The maximum Gasteiger partial charge on any atom is 0.472 e. The molecule has 55 heavy (non-hydrogen) atoms. The summed E-state index contributed by atoms with van der Waals surface area (Å²) >= 11 is 0. The molecule has 0 aromatic rings. The van der Waals surface area contributed by atoms with Crippen LogP contribution in [0.25, 0.3) is 0 Å². The van der Waals surface area contributed by atoms with Gasteiger partial charge in [0.2, 0.25) is 0 Å². The van der Waals surface area contributed by atoms with E-state index in [2.05, 4.69) is 79.1 Å². The molecule has 12 heteroatoms. The highest BCUT2D eigenvalue weighted by Gasteiger charge is 2.28. The number of allylic oxidation sites excluding steroid dienone is 10. The van der Waals surface area contributed by atoms with Crippen LogP contribution in [-0.4, -0.2) is 59.9 Å². The van der Waals surface area contributed by atoms with Crippen molar-refractivity contribution in [1.29, 1.82) is 0 Å². The lowest BCUT2D eigenvalue weighted by Gasteiger charge is -2.20. The Bertz CT molecular complexity index is 1170. The summed E-state index contributed by atoms with van der Waals surface area (Å²) in [6, 6.07) is -1.53. The predicted molar refractivity (Wildman–Crippen MR) is 221 cm³/mol. The second kappa shape index (κ2) is 38.1. The summed E-state index contributed by atoms with van der Waals surface area (Å²) in [4.78, 5) is 45.9. The minimum Gasteiger partial charge on any atom is -0.480 e. The average molecular weight is 796 g/mol. The van der Waals surface area contributed by atoms with Crippen LogP contribution in [0.1, 0.15) is 162 Å². The Hall–Kier alpha value is -2.82. The van der Waals surface area contributed by atoms with Crippen molar-refractivity contribution in [3.8, 4) is 0 Å². The van der Waals surface area contributed by atoms with Gasteiger partial charge in [0.25, 0.3) is 0 Å². The molecule has 4 N–H and O–H groups in total. The van der Waals surface area contributed by atoms with E-state index in [0.29, 0.717) is 12.8 Å². The number of aliphatic carboxylic acids is 1. The SMILES string of the molecule is CCCC/C=C\C/C=C\CCCCCCCC(=O)O[C@H](COC(=O)CCCCCC/C=C\C/C=C\C/C=C\CCCCC)COP(=O)(O)OC[C@H](N)C(=O)O. The van der Waals surface area contributed by atoms with E-state index in [1.165, 1.54) is 32.1 Å². The van der Waals surface area contributed by atoms with Gasteiger partial charge in [0.05, 0.1) is 13.2 Å². The van der Waals surface area contributed by atoms with Crippen LogP contribution in [0.2, 0.25) is 0 Å². The molecule has 0 amide bonds. The summed E-state index contributed by atoms with van der Waals surface area (Å²) in [5.41, 5.74) is 5.32. The van der Waals surface area contributed by atoms with Crippen LogP contribution in [0, 0.1) is 0 Å². The number of esters is 2. The van der Waals surface area contributed by atoms with Gasteiger partial charge in [0.1, 0.15) is 12.6 Å². The molecule has 0 radical (unpaired) electrons. The van der Waals surface area contributed by atoms with Crippen molar-refractivity contribution in [2.75, 3.05) is 19.8 Å². The molecule has 0 aromatic heterocycles. The standard InChI is InChI=1S/C43H74NO10P/c1-3-5-7-9-11-13-15-17-19-20-21-23-24-26-28-30-32-34-41(45)51-36-39(37-52-55(49,50)53-38-40(44)43(47)48)54-42(46)35-33-31-29-27-25-22-18-16-14-12-10-8-6-4-2/h10-13,16-19,21,23,39-40H,3-9,14-15,20,22,24-38,44H2,1-2H3,(H,47,48)(H,49,50)/b12-10-,13-11-,18-16-,19-17-,23-21-/t39-,40+/m1/s1. The molecular formula is C43H74NO10P. The number of carboxylic acids is 1. The highest BCUT2D eigenvalue weighted by Crippen LogP contribution is 2.43. The monoisotopic (exact) mass is 796 g/mol. The minimum absolute atomic E-state index is 0.137. The fourth-order valence-corrected chi connectivity index (χ4v) is 5.92. The van der Waals surface area contributed by atoms with Crippen LogP contribution < -0.4 is 5.73 Å². The summed E-state index contributed by atoms with van der Waals surface area (Å²) in [5, 5.41) is 8.88. The van der Waals surface area contributed by atoms with E-state index in [4.69, 9.17) is 24.8 Å². The van der Waals surface area contributed by atoms with E-state index in [-0.39, 0.29) is 19.4 Å². The van der Waals surface area contributed by atoms with Crippen molar-refractivity contribution < 1.29 is 47.5 Å². The lowest BCUT2D eigenvalue weighted by atomic mass is 10.1. The van der Waals surface area contributed by atoms with E-state index >= 15 is 0 Å². The number of carbonyl (C=O) groups is 3. The molecule has 0 bridgehead atoms. The number of hydrogen-bond donors (Lipinski definition) is 3. The number of unbranched alkanes of at least 4 members (excludes halogenated alkanes) is 14. The maximum absolute atomic E-state index is 12.6. The lowest BCUT2D eigenvalue weighted by Crippen LogP contribution is -2.34. The zero-order chi connectivity index (χ0) is 40.7. The van der Waals surface area contributed by atoms with E-state index in [1.807, 2.05) is 0 Å². The molecule has 0 rings (SSSR count). The van der Waals surface area contributed by atoms with Gasteiger partial charge in [-0.15, -0.1) is 0 Å². The second-order valence-electron chi connectivity index (χ2n) is 13.8. The van der Waals surface area contributed by atoms with Crippen molar-refractivity contribution in [1.82, 2.24) is 0 Å². The predicted octanol–water partition coefficient (Wildman–Crippen LogP) is 10.8. The molecule has 0 fully saturated rings. The lowest BCUT2D eigenvalue weighted by molar-refractivity contribution is -0.161. The molecule has 0 heterocycles. The third kappa shape index (κ3) is 37.9. The Morgan fingerprint density at radius 3 is 1.49 bits per heavy atom. The molecule has 1 unspecified atom stereocenters. The number of ether oxygens (including phenoxy) is 2. The van der Waals surface area contributed by atoms with Gasteiger partial charge in [0.15, 0.2) is 6.10 Å². The quantitative estimate of drug-likeness (QED) is 0.0235. The first-order valence-electron chi connectivity index (χ1n) is 20.8. The van der Waals surface area contributed by atoms with Crippen LogP contribution in [0.5, 0.6) is 0 Å². The van der Waals surface area contributed by atoms with Crippen molar-refractivity contribution in [2.24, 2.45) is 5.73 Å². The average Bonchev–Trinajstić information content (AvgIpc) is 3.16. The first-order chi connectivity index (χ1) is 26.6. The molecule has 0 aliphatic heterocycles. The summed E-state index contributed by atoms with van der Waals surface area (Å²) < 4.78 is 32.6. The van der Waals surface area contributed by atoms with Crippen molar-refractivity contribution in [3.63, 3.8) is 0 Å². The zero-order valence-corrected chi connectivity index (χ0v) is 34.9. The summed E-state index contributed by atoms with van der Waals surface area (Å²) in [6.45, 7) is 2.68. The molecule has 0 aliphatic carbocycles. The van der Waals surface area contributed by atoms with Crippen LogP contribution >= 0.6 is 7.82 Å². The fourth-order valence-electron chi connectivity index (χ4n) is 5.14. The van der Waals surface area contributed by atoms with Gasteiger partial charge < -0.3 is 25.2 Å². The van der Waals surface area contributed by atoms with Gasteiger partial charge in [-0.3, -0.25) is 23.4 Å². The summed E-state index contributed by atoms with van der Waals surface area (Å²) in [7, 11) is -4.73. The van der Waals surface area contributed by atoms with Crippen molar-refractivity contribution >= 4 is 25.7 Å². The second-order valence-corrected chi connectivity index (χ2v) is 15.2. The topological polar surface area (TPSA) is 172 Å². The Balaban J connectivity index is 4.46. The molecule has 0 aliphatic rings. The fraction of sp³-hybridized carbons (Fsp3) is 0.698. The molecule has 3 atom stereocenters. The molecule has 0 aromatic carbocycles. The molecule has 0 spiro atoms. The Labute approximate surface area is 332 Å². The molecule has 316 valence electrons. The van der Waals surface area contributed by atoms with Gasteiger partial charge in [0, 0.05) is 12.8 Å². The first-order valence-corrected chi connectivity index (χ1v) is 22.3. The van der Waals surface area contributed by atoms with Crippen LogP contribution in [0.3, 0.4) is 0 Å². The maximum atomic E-state index is 12.6. The van der Waals surface area contributed by atoms with Crippen molar-refractivity contribution in [2.45, 2.75) is 174 Å². The van der Waals surface area contributed by atoms with Gasteiger partial charge in [-0.2, -0.15) is 0 Å². The normalized spacial score (nSPS) is 14.4. The van der Waals surface area contributed by atoms with E-state index in [0.717, 1.165) is 89.9 Å².